The molecule has 0 spiro atoms. The van der Waals surface area contributed by atoms with Crippen LogP contribution in [0.4, 0.5) is 0 Å². The molecule has 0 unspecified atom stereocenters. The van der Waals surface area contributed by atoms with Gasteiger partial charge in [0.25, 0.3) is 0 Å². The minimum Gasteiger partial charge on any atom is -0.427 e. The van der Waals surface area contributed by atoms with E-state index in [0.717, 1.165) is 10.0 Å². The molecule has 0 aliphatic carbocycles. The number of hydrogen-bond acceptors (Lipinski definition) is 2. The molecule has 0 aliphatic heterocycles. The molecule has 1 aromatic carbocycles. The van der Waals surface area contributed by atoms with Gasteiger partial charge in [0, 0.05) is 4.47 Å². The van der Waals surface area contributed by atoms with Crippen molar-refractivity contribution in [2.45, 2.75) is 12.7 Å². The number of hydrogen-bond donors (Lipinski definition) is 2. The quantitative estimate of drug-likeness (QED) is 0.770. The van der Waals surface area contributed by atoms with Crippen molar-refractivity contribution in [1.29, 1.82) is 0 Å². The van der Waals surface area contributed by atoms with E-state index in [1.54, 1.807) is 0 Å². The van der Waals surface area contributed by atoms with Crippen molar-refractivity contribution in [3.63, 3.8) is 0 Å². The van der Waals surface area contributed by atoms with Crippen LogP contribution in [0.25, 0.3) is 0 Å². The van der Waals surface area contributed by atoms with Crippen LogP contribution in [0.5, 0.6) is 0 Å². The zero-order valence-corrected chi connectivity index (χ0v) is 8.16. The Kier molecular flexibility index (Phi) is 3.78. The van der Waals surface area contributed by atoms with Gasteiger partial charge in [-0.3, -0.25) is 0 Å². The van der Waals surface area contributed by atoms with Gasteiger partial charge in [0.15, 0.2) is 0 Å². The maximum atomic E-state index is 8.61. The molecule has 4 heteroatoms. The van der Waals surface area contributed by atoms with Crippen molar-refractivity contribution in [2.75, 3.05) is 0 Å². The average Bonchev–Trinajstić information content (AvgIpc) is 2.03. The van der Waals surface area contributed by atoms with Crippen LogP contribution in [0.1, 0.15) is 5.56 Å². The predicted octanol–water partition coefficient (Wildman–Crippen LogP) is 1.46. The molecular formula is C8H10BBrO2. The van der Waals surface area contributed by atoms with Gasteiger partial charge in [-0.25, -0.2) is 0 Å². The largest absolute Gasteiger partial charge is 0.451 e. The van der Waals surface area contributed by atoms with E-state index in [9.17, 15) is 0 Å². The van der Waals surface area contributed by atoms with Crippen LogP contribution in [0.15, 0.2) is 28.7 Å². The molecule has 0 saturated carbocycles. The average molecular weight is 229 g/mol. The summed E-state index contributed by atoms with van der Waals surface area (Å²) in [6.45, 7) is 0. The van der Waals surface area contributed by atoms with Gasteiger partial charge >= 0.3 is 7.12 Å². The molecule has 0 amide bonds. The molecule has 0 radical (unpaired) electrons. The zero-order chi connectivity index (χ0) is 8.97. The summed E-state index contributed by atoms with van der Waals surface area (Å²) in [6.07, 6.45) is 1.09. The van der Waals surface area contributed by atoms with Gasteiger partial charge in [-0.15, -0.1) is 0 Å². The van der Waals surface area contributed by atoms with Crippen LogP contribution < -0.4 is 0 Å². The minimum absolute atomic E-state index is 0.391. The summed E-state index contributed by atoms with van der Waals surface area (Å²) in [5, 5.41) is 17.2. The van der Waals surface area contributed by atoms with Crippen molar-refractivity contribution < 1.29 is 10.0 Å². The second kappa shape index (κ2) is 4.65. The minimum atomic E-state index is -1.20. The lowest BCUT2D eigenvalue weighted by Crippen LogP contribution is -2.10. The molecule has 0 heterocycles. The van der Waals surface area contributed by atoms with E-state index in [0.29, 0.717) is 12.7 Å². The number of rotatable bonds is 3. The highest BCUT2D eigenvalue weighted by Gasteiger charge is 2.05. The van der Waals surface area contributed by atoms with Crippen LogP contribution in [-0.4, -0.2) is 17.2 Å². The van der Waals surface area contributed by atoms with Gasteiger partial charge in [0.05, 0.1) is 0 Å². The van der Waals surface area contributed by atoms with E-state index in [1.807, 2.05) is 24.3 Å². The van der Waals surface area contributed by atoms with Gasteiger partial charge < -0.3 is 10.0 Å². The lowest BCUT2D eigenvalue weighted by atomic mass is 9.83. The summed E-state index contributed by atoms with van der Waals surface area (Å²) in [4.78, 5) is 0. The van der Waals surface area contributed by atoms with E-state index in [4.69, 9.17) is 10.0 Å². The van der Waals surface area contributed by atoms with E-state index in [-0.39, 0.29) is 0 Å². The summed E-state index contributed by atoms with van der Waals surface area (Å²) in [6, 6.07) is 7.82. The fourth-order valence-corrected chi connectivity index (χ4v) is 1.21. The van der Waals surface area contributed by atoms with E-state index < -0.39 is 7.12 Å². The van der Waals surface area contributed by atoms with Crippen molar-refractivity contribution in [3.05, 3.63) is 34.3 Å². The van der Waals surface area contributed by atoms with Gasteiger partial charge in [-0.05, 0) is 30.4 Å². The first-order valence-corrected chi connectivity index (χ1v) is 4.58. The van der Waals surface area contributed by atoms with Gasteiger partial charge in [0.2, 0.25) is 0 Å². The summed E-state index contributed by atoms with van der Waals surface area (Å²) >= 11 is 3.33. The van der Waals surface area contributed by atoms with Crippen LogP contribution in [-0.2, 0) is 6.42 Å². The molecule has 1 aromatic rings. The first-order valence-electron chi connectivity index (χ1n) is 3.79. The van der Waals surface area contributed by atoms with Crippen molar-refractivity contribution in [2.24, 2.45) is 0 Å². The smallest absolute Gasteiger partial charge is 0.427 e. The van der Waals surface area contributed by atoms with Crippen LogP contribution in [0.3, 0.4) is 0 Å². The fraction of sp³-hybridized carbons (Fsp3) is 0.250. The van der Waals surface area contributed by atoms with Crippen LogP contribution >= 0.6 is 15.9 Å². The van der Waals surface area contributed by atoms with Crippen LogP contribution in [0.2, 0.25) is 6.32 Å². The molecule has 0 bridgehead atoms. The van der Waals surface area contributed by atoms with Gasteiger partial charge in [-0.1, -0.05) is 28.1 Å². The third-order valence-electron chi connectivity index (χ3n) is 1.60. The van der Waals surface area contributed by atoms with Gasteiger partial charge in [-0.2, -0.15) is 0 Å². The highest BCUT2D eigenvalue weighted by atomic mass is 79.9. The topological polar surface area (TPSA) is 40.5 Å². The molecule has 2 N–H and O–H groups in total. The summed E-state index contributed by atoms with van der Waals surface area (Å²) in [5.74, 6) is 0. The Hall–Kier alpha value is -0.315. The van der Waals surface area contributed by atoms with Crippen molar-refractivity contribution >= 4 is 23.0 Å². The summed E-state index contributed by atoms with van der Waals surface area (Å²) in [5.41, 5.74) is 1.12. The Labute approximate surface area is 80.5 Å². The third-order valence-corrected chi connectivity index (χ3v) is 2.13. The van der Waals surface area contributed by atoms with Crippen molar-refractivity contribution in [3.8, 4) is 0 Å². The molecule has 1 rings (SSSR count). The Morgan fingerprint density at radius 2 is 1.75 bits per heavy atom. The fourth-order valence-electron chi connectivity index (χ4n) is 0.947. The zero-order valence-electron chi connectivity index (χ0n) is 6.57. The molecule has 0 atom stereocenters. The molecule has 64 valence electrons. The lowest BCUT2D eigenvalue weighted by molar-refractivity contribution is 0.405. The van der Waals surface area contributed by atoms with Crippen molar-refractivity contribution in [1.82, 2.24) is 0 Å². The van der Waals surface area contributed by atoms with Gasteiger partial charge in [0.1, 0.15) is 0 Å². The predicted molar refractivity (Wildman–Crippen MR) is 52.8 cm³/mol. The van der Waals surface area contributed by atoms with Crippen LogP contribution in [0, 0.1) is 0 Å². The first kappa shape index (κ1) is 9.77. The number of aryl methyl sites for hydroxylation is 1. The summed E-state index contributed by atoms with van der Waals surface area (Å²) < 4.78 is 1.04. The molecule has 0 fully saturated rings. The van der Waals surface area contributed by atoms with E-state index >= 15 is 0 Å². The maximum Gasteiger partial charge on any atom is 0.451 e. The second-order valence-corrected chi connectivity index (χ2v) is 3.56. The second-order valence-electron chi connectivity index (χ2n) is 2.65. The lowest BCUT2D eigenvalue weighted by Gasteiger charge is -1.99. The standard InChI is InChI=1S/C8H10BBrO2/c10-8-3-1-7(2-4-8)5-6-9(11)12/h1-4,11-12H,5-6H2. The monoisotopic (exact) mass is 228 g/mol. The maximum absolute atomic E-state index is 8.61. The Morgan fingerprint density at radius 3 is 2.25 bits per heavy atom. The Morgan fingerprint density at radius 1 is 1.17 bits per heavy atom. The summed E-state index contributed by atoms with van der Waals surface area (Å²) in [7, 11) is -1.20. The molecule has 12 heavy (non-hydrogen) atoms. The highest BCUT2D eigenvalue weighted by Crippen LogP contribution is 2.11. The number of halogens is 1. The molecule has 2 nitrogen and oxygen atoms in total. The first-order chi connectivity index (χ1) is 5.68. The Bertz CT molecular complexity index is 235. The Balaban J connectivity index is 2.48. The molecule has 0 aromatic heterocycles. The number of benzene rings is 1. The SMILES string of the molecule is OB(O)CCc1ccc(Br)cc1. The molecule has 0 aliphatic rings. The van der Waals surface area contributed by atoms with E-state index in [1.165, 1.54) is 0 Å². The van der Waals surface area contributed by atoms with E-state index in [2.05, 4.69) is 15.9 Å². The molecule has 0 saturated heterocycles. The highest BCUT2D eigenvalue weighted by molar-refractivity contribution is 9.10. The third kappa shape index (κ3) is 3.39. The molecular weight excluding hydrogens is 219 g/mol. The normalized spacial score (nSPS) is 9.92.